The Morgan fingerprint density at radius 2 is 1.67 bits per heavy atom. The maximum absolute atomic E-state index is 11.0. The maximum Gasteiger partial charge on any atom is 0.345 e. The highest BCUT2D eigenvalue weighted by atomic mass is 16.5. The van der Waals surface area contributed by atoms with E-state index < -0.39 is 23.5 Å². The molecule has 0 radical (unpaired) electrons. The molecule has 84 valence electrons. The van der Waals surface area contributed by atoms with Gasteiger partial charge in [0.2, 0.25) is 0 Å². The molecule has 0 saturated heterocycles. The summed E-state index contributed by atoms with van der Waals surface area (Å²) in [6.45, 7) is 3.23. The molecule has 0 aliphatic heterocycles. The van der Waals surface area contributed by atoms with Crippen LogP contribution in [0.15, 0.2) is 11.6 Å². The fourth-order valence-electron chi connectivity index (χ4n) is 0.719. The fraction of sp³-hybridized carbons (Fsp3) is 0.444. The molecule has 0 rings (SSSR count). The molecule has 0 fully saturated rings. The van der Waals surface area contributed by atoms with Crippen molar-refractivity contribution in [3.05, 3.63) is 11.6 Å². The van der Waals surface area contributed by atoms with Gasteiger partial charge in [0.25, 0.3) is 0 Å². The number of carbonyl (C=O) groups excluding carboxylic acids is 2. The second-order valence-electron chi connectivity index (χ2n) is 2.34. The van der Waals surface area contributed by atoms with Gasteiger partial charge in [-0.3, -0.25) is 0 Å². The lowest BCUT2D eigenvalue weighted by atomic mass is 10.2. The van der Waals surface area contributed by atoms with Crippen LogP contribution in [0.4, 0.5) is 0 Å². The molecule has 1 N–H and O–H groups in total. The molecule has 0 aromatic rings. The van der Waals surface area contributed by atoms with Crippen LogP contribution < -0.4 is 0 Å². The lowest BCUT2D eigenvalue weighted by Crippen LogP contribution is -2.17. The Morgan fingerprint density at radius 1 is 1.13 bits per heavy atom. The van der Waals surface area contributed by atoms with E-state index in [4.69, 9.17) is 5.11 Å². The molecule has 0 unspecified atom stereocenters. The lowest BCUT2D eigenvalue weighted by Gasteiger charge is -2.02. The van der Waals surface area contributed by atoms with Crippen LogP contribution in [0.2, 0.25) is 0 Å². The van der Waals surface area contributed by atoms with E-state index in [1.54, 1.807) is 6.92 Å². The predicted molar refractivity (Wildman–Crippen MR) is 49.0 cm³/mol. The van der Waals surface area contributed by atoms with Crippen molar-refractivity contribution in [3.8, 4) is 0 Å². The molecular weight excluding hydrogens is 204 g/mol. The quantitative estimate of drug-likeness (QED) is 0.304. The van der Waals surface area contributed by atoms with Gasteiger partial charge in [-0.1, -0.05) is 0 Å². The molecule has 15 heavy (non-hydrogen) atoms. The van der Waals surface area contributed by atoms with Gasteiger partial charge in [0.05, 0.1) is 13.2 Å². The van der Waals surface area contributed by atoms with E-state index >= 15 is 0 Å². The molecule has 0 aliphatic carbocycles. The van der Waals surface area contributed by atoms with Crippen molar-refractivity contribution in [2.75, 3.05) is 13.2 Å². The zero-order valence-corrected chi connectivity index (χ0v) is 8.48. The number of ether oxygens (including phenoxy) is 2. The average Bonchev–Trinajstić information content (AvgIpc) is 2.14. The molecule has 0 aromatic carbocycles. The third kappa shape index (κ3) is 4.80. The van der Waals surface area contributed by atoms with E-state index in [2.05, 4.69) is 9.47 Å². The van der Waals surface area contributed by atoms with Crippen LogP contribution in [0.3, 0.4) is 0 Å². The van der Waals surface area contributed by atoms with Gasteiger partial charge in [-0.2, -0.15) is 0 Å². The summed E-state index contributed by atoms with van der Waals surface area (Å²) in [5.41, 5.74) is -0.740. The molecule has 0 heterocycles. The van der Waals surface area contributed by atoms with Crippen LogP contribution >= 0.6 is 0 Å². The molecule has 0 aliphatic rings. The number of aliphatic carboxylic acids is 1. The monoisotopic (exact) mass is 216 g/mol. The minimum Gasteiger partial charge on any atom is -0.477 e. The number of carboxylic acids is 1. The van der Waals surface area contributed by atoms with Gasteiger partial charge < -0.3 is 14.6 Å². The summed E-state index contributed by atoms with van der Waals surface area (Å²) < 4.78 is 8.91. The third-order valence-electron chi connectivity index (χ3n) is 1.27. The topological polar surface area (TPSA) is 89.9 Å². The van der Waals surface area contributed by atoms with E-state index in [1.165, 1.54) is 6.92 Å². The van der Waals surface area contributed by atoms with Crippen molar-refractivity contribution in [1.29, 1.82) is 0 Å². The Hall–Kier alpha value is -1.85. The summed E-state index contributed by atoms with van der Waals surface area (Å²) in [5.74, 6) is -3.47. The standard InChI is InChI=1S/C9H12O6/c1-3-14-7(10)5-6(8(11)12)9(13)15-4-2/h5H,3-4H2,1-2H3,(H,11,12)/b6-5-. The number of hydrogen-bond acceptors (Lipinski definition) is 5. The van der Waals surface area contributed by atoms with Gasteiger partial charge in [0.1, 0.15) is 0 Å². The summed E-state index contributed by atoms with van der Waals surface area (Å²) in [6, 6.07) is 0. The molecular formula is C9H12O6. The van der Waals surface area contributed by atoms with Gasteiger partial charge in [0, 0.05) is 6.08 Å². The molecule has 0 bridgehead atoms. The molecule has 0 saturated carbocycles. The minimum atomic E-state index is -1.53. The highest BCUT2D eigenvalue weighted by molar-refractivity contribution is 6.16. The van der Waals surface area contributed by atoms with Crippen molar-refractivity contribution in [1.82, 2.24) is 0 Å². The summed E-state index contributed by atoms with van der Waals surface area (Å²) in [6.07, 6.45) is 0.601. The SMILES string of the molecule is CCOC(=O)/C=C(/C(=O)O)C(=O)OCC. The van der Waals surface area contributed by atoms with E-state index in [9.17, 15) is 14.4 Å². The van der Waals surface area contributed by atoms with Crippen molar-refractivity contribution in [3.63, 3.8) is 0 Å². The van der Waals surface area contributed by atoms with Gasteiger partial charge in [0.15, 0.2) is 5.57 Å². The summed E-state index contributed by atoms with van der Waals surface area (Å²) in [5, 5.41) is 8.61. The Kier molecular flexibility index (Phi) is 5.77. The lowest BCUT2D eigenvalue weighted by molar-refractivity contribution is -0.145. The largest absolute Gasteiger partial charge is 0.477 e. The number of carboxylic acid groups (broad SMARTS) is 1. The summed E-state index contributed by atoms with van der Waals surface area (Å²) in [4.78, 5) is 32.5. The first-order valence-electron chi connectivity index (χ1n) is 4.31. The molecule has 0 atom stereocenters. The smallest absolute Gasteiger partial charge is 0.345 e. The number of carbonyl (C=O) groups is 3. The van der Waals surface area contributed by atoms with Crippen LogP contribution in [-0.4, -0.2) is 36.2 Å². The Balaban J connectivity index is 4.73. The third-order valence-corrected chi connectivity index (χ3v) is 1.27. The van der Waals surface area contributed by atoms with E-state index in [1.807, 2.05) is 0 Å². The molecule has 0 amide bonds. The first kappa shape index (κ1) is 13.2. The first-order valence-corrected chi connectivity index (χ1v) is 4.31. The number of hydrogen-bond donors (Lipinski definition) is 1. The van der Waals surface area contributed by atoms with Gasteiger partial charge in [-0.05, 0) is 13.8 Å². The molecule has 0 aromatic heterocycles. The van der Waals surface area contributed by atoms with E-state index in [0.29, 0.717) is 6.08 Å². The van der Waals surface area contributed by atoms with Gasteiger partial charge in [-0.15, -0.1) is 0 Å². The Bertz CT molecular complexity index is 291. The zero-order chi connectivity index (χ0) is 11.8. The number of rotatable bonds is 5. The van der Waals surface area contributed by atoms with Crippen molar-refractivity contribution >= 4 is 17.9 Å². The minimum absolute atomic E-state index is 0.0340. The second kappa shape index (κ2) is 6.58. The highest BCUT2D eigenvalue weighted by Gasteiger charge is 2.20. The molecule has 0 spiro atoms. The van der Waals surface area contributed by atoms with Crippen molar-refractivity contribution < 1.29 is 29.0 Å². The van der Waals surface area contributed by atoms with Crippen LogP contribution in [0, 0.1) is 0 Å². The van der Waals surface area contributed by atoms with Crippen molar-refractivity contribution in [2.45, 2.75) is 13.8 Å². The highest BCUT2D eigenvalue weighted by Crippen LogP contribution is 2.00. The Labute approximate surface area is 86.5 Å². The Morgan fingerprint density at radius 3 is 2.07 bits per heavy atom. The van der Waals surface area contributed by atoms with E-state index in [-0.39, 0.29) is 13.2 Å². The van der Waals surface area contributed by atoms with Crippen LogP contribution in [0.5, 0.6) is 0 Å². The second-order valence-corrected chi connectivity index (χ2v) is 2.34. The van der Waals surface area contributed by atoms with Crippen LogP contribution in [0.1, 0.15) is 13.8 Å². The van der Waals surface area contributed by atoms with Gasteiger partial charge in [-0.25, -0.2) is 14.4 Å². The molecule has 6 heteroatoms. The first-order chi connectivity index (χ1) is 7.02. The van der Waals surface area contributed by atoms with Crippen molar-refractivity contribution in [2.24, 2.45) is 0 Å². The summed E-state index contributed by atoms with van der Waals surface area (Å²) in [7, 11) is 0. The summed E-state index contributed by atoms with van der Waals surface area (Å²) >= 11 is 0. The zero-order valence-electron chi connectivity index (χ0n) is 8.48. The van der Waals surface area contributed by atoms with E-state index in [0.717, 1.165) is 0 Å². The fourth-order valence-corrected chi connectivity index (χ4v) is 0.719. The predicted octanol–water partition coefficient (Wildman–Crippen LogP) is 0.124. The maximum atomic E-state index is 11.0. The van der Waals surface area contributed by atoms with Gasteiger partial charge >= 0.3 is 17.9 Å². The number of esters is 2. The average molecular weight is 216 g/mol. The molecule has 6 nitrogen and oxygen atoms in total. The van der Waals surface area contributed by atoms with Crippen LogP contribution in [-0.2, 0) is 23.9 Å². The normalized spacial score (nSPS) is 10.7. The van der Waals surface area contributed by atoms with Crippen LogP contribution in [0.25, 0.3) is 0 Å².